The number of aromatic nitrogens is 2. The summed E-state index contributed by atoms with van der Waals surface area (Å²) < 4.78 is 9.84. The lowest BCUT2D eigenvalue weighted by atomic mass is 10.2. The van der Waals surface area contributed by atoms with Crippen LogP contribution in [0.3, 0.4) is 0 Å². The van der Waals surface area contributed by atoms with Crippen LogP contribution in [0.4, 0.5) is 5.69 Å². The Morgan fingerprint density at radius 1 is 1.29 bits per heavy atom. The minimum Gasteiger partial charge on any atom is -0.464 e. The second-order valence-electron chi connectivity index (χ2n) is 4.06. The molecule has 1 aromatic carbocycles. The van der Waals surface area contributed by atoms with E-state index in [0.29, 0.717) is 0 Å². The zero-order valence-corrected chi connectivity index (χ0v) is 11.3. The predicted molar refractivity (Wildman–Crippen MR) is 71.3 cm³/mol. The molecule has 0 atom stereocenters. The fourth-order valence-corrected chi connectivity index (χ4v) is 1.55. The van der Waals surface area contributed by atoms with E-state index in [0.717, 1.165) is 5.56 Å². The molecule has 0 aliphatic heterocycles. The highest BCUT2D eigenvalue weighted by Gasteiger charge is 2.16. The summed E-state index contributed by atoms with van der Waals surface area (Å²) in [5.74, 6) is -0.535. The van der Waals surface area contributed by atoms with E-state index in [1.165, 1.54) is 31.6 Å². The first-order chi connectivity index (χ1) is 10.0. The molecule has 0 unspecified atom stereocenters. The largest absolute Gasteiger partial charge is 0.464 e. The average Bonchev–Trinajstić information content (AvgIpc) is 2.47. The third-order valence-corrected chi connectivity index (χ3v) is 2.55. The Hall–Kier alpha value is -3.03. The summed E-state index contributed by atoms with van der Waals surface area (Å²) >= 11 is 0. The van der Waals surface area contributed by atoms with E-state index in [1.807, 2.05) is 0 Å². The maximum atomic E-state index is 11.2. The number of esters is 1. The number of methoxy groups -OCH3 is 1. The molecule has 8 nitrogen and oxygen atoms in total. The lowest BCUT2D eigenvalue weighted by molar-refractivity contribution is -0.385. The van der Waals surface area contributed by atoms with Gasteiger partial charge in [-0.2, -0.15) is 0 Å². The van der Waals surface area contributed by atoms with Crippen molar-refractivity contribution in [1.82, 2.24) is 9.97 Å². The molecule has 21 heavy (non-hydrogen) atoms. The normalized spacial score (nSPS) is 10.0. The minimum atomic E-state index is -0.629. The van der Waals surface area contributed by atoms with E-state index >= 15 is 0 Å². The predicted octanol–water partition coefficient (Wildman–Crippen LogP) is 2.27. The molecule has 2 aromatic rings. The molecule has 0 amide bonds. The van der Waals surface area contributed by atoms with Crippen molar-refractivity contribution < 1.29 is 19.2 Å². The summed E-state index contributed by atoms with van der Waals surface area (Å²) in [6, 6.07) is 4.48. The third kappa shape index (κ3) is 3.30. The molecule has 0 bridgehead atoms. The van der Waals surface area contributed by atoms with E-state index in [-0.39, 0.29) is 23.0 Å². The number of aryl methyl sites for hydroxylation is 1. The molecule has 0 aliphatic rings. The summed E-state index contributed by atoms with van der Waals surface area (Å²) in [6.07, 6.45) is 2.36. The molecule has 0 aliphatic carbocycles. The highest BCUT2D eigenvalue weighted by atomic mass is 16.6. The van der Waals surface area contributed by atoms with Gasteiger partial charge in [-0.25, -0.2) is 14.8 Å². The van der Waals surface area contributed by atoms with Gasteiger partial charge >= 0.3 is 11.7 Å². The quantitative estimate of drug-likeness (QED) is 0.483. The maximum Gasteiger partial charge on any atom is 0.358 e. The Kier molecular flexibility index (Phi) is 4.07. The van der Waals surface area contributed by atoms with Crippen molar-refractivity contribution in [1.29, 1.82) is 0 Å². The first kappa shape index (κ1) is 14.4. The molecule has 8 heteroatoms. The molecule has 0 radical (unpaired) electrons. The standard InChI is InChI=1S/C13H11N3O5/c1-8-3-4-10(16(18)19)11(5-8)21-12-7-14-9(6-15-12)13(17)20-2/h3-7H,1-2H3. The van der Waals surface area contributed by atoms with Gasteiger partial charge in [0.1, 0.15) is 0 Å². The number of nitro groups is 1. The fourth-order valence-electron chi connectivity index (χ4n) is 1.55. The Balaban J connectivity index is 2.28. The van der Waals surface area contributed by atoms with Gasteiger partial charge in [-0.1, -0.05) is 6.07 Å². The number of nitro benzene ring substituents is 1. The van der Waals surface area contributed by atoms with Crippen LogP contribution in [-0.2, 0) is 4.74 Å². The highest BCUT2D eigenvalue weighted by molar-refractivity contribution is 5.86. The number of benzene rings is 1. The summed E-state index contributed by atoms with van der Waals surface area (Å²) in [7, 11) is 1.23. The van der Waals surface area contributed by atoms with Crippen LogP contribution >= 0.6 is 0 Å². The van der Waals surface area contributed by atoms with Gasteiger partial charge in [0.25, 0.3) is 0 Å². The zero-order chi connectivity index (χ0) is 15.4. The highest BCUT2D eigenvalue weighted by Crippen LogP contribution is 2.31. The van der Waals surface area contributed by atoms with Crippen molar-refractivity contribution in [3.63, 3.8) is 0 Å². The van der Waals surface area contributed by atoms with Gasteiger partial charge in [-0.15, -0.1) is 0 Å². The SMILES string of the molecule is COC(=O)c1cnc(Oc2cc(C)ccc2[N+](=O)[O-])cn1. The molecule has 0 N–H and O–H groups in total. The van der Waals surface area contributed by atoms with Crippen molar-refractivity contribution >= 4 is 11.7 Å². The average molecular weight is 289 g/mol. The fraction of sp³-hybridized carbons (Fsp3) is 0.154. The first-order valence-electron chi connectivity index (χ1n) is 5.84. The van der Waals surface area contributed by atoms with Crippen LogP contribution in [0.5, 0.6) is 11.6 Å². The molecule has 1 aromatic heterocycles. The van der Waals surface area contributed by atoms with Crippen molar-refractivity contribution in [3.05, 3.63) is 52.0 Å². The lowest BCUT2D eigenvalue weighted by Crippen LogP contribution is -2.05. The molecule has 2 rings (SSSR count). The van der Waals surface area contributed by atoms with Crippen LogP contribution in [-0.4, -0.2) is 28.0 Å². The summed E-state index contributed by atoms with van der Waals surface area (Å²) in [4.78, 5) is 29.3. The number of nitrogens with zero attached hydrogens (tertiary/aromatic N) is 3. The zero-order valence-electron chi connectivity index (χ0n) is 11.3. The van der Waals surface area contributed by atoms with Gasteiger partial charge in [-0.05, 0) is 18.6 Å². The second kappa shape index (κ2) is 5.95. The van der Waals surface area contributed by atoms with E-state index in [9.17, 15) is 14.9 Å². The molecule has 0 fully saturated rings. The maximum absolute atomic E-state index is 11.2. The third-order valence-electron chi connectivity index (χ3n) is 2.55. The minimum absolute atomic E-state index is 0.0172. The smallest absolute Gasteiger partial charge is 0.358 e. The van der Waals surface area contributed by atoms with Crippen LogP contribution in [0.1, 0.15) is 16.1 Å². The van der Waals surface area contributed by atoms with Crippen molar-refractivity contribution in [2.45, 2.75) is 6.92 Å². The number of carbonyl (C=O) groups is 1. The van der Waals surface area contributed by atoms with Crippen LogP contribution in [0.15, 0.2) is 30.6 Å². The second-order valence-corrected chi connectivity index (χ2v) is 4.06. The van der Waals surface area contributed by atoms with Crippen LogP contribution < -0.4 is 4.74 Å². The van der Waals surface area contributed by atoms with Gasteiger partial charge in [0, 0.05) is 6.07 Å². The van der Waals surface area contributed by atoms with Crippen LogP contribution in [0.2, 0.25) is 0 Å². The summed E-state index contributed by atoms with van der Waals surface area (Å²) in [5, 5.41) is 10.9. The summed E-state index contributed by atoms with van der Waals surface area (Å²) in [6.45, 7) is 1.78. The molecule has 0 spiro atoms. The molecule has 108 valence electrons. The Morgan fingerprint density at radius 3 is 2.62 bits per heavy atom. The van der Waals surface area contributed by atoms with Gasteiger partial charge in [0.2, 0.25) is 11.6 Å². The van der Waals surface area contributed by atoms with Crippen molar-refractivity contribution in [3.8, 4) is 11.6 Å². The van der Waals surface area contributed by atoms with Crippen molar-refractivity contribution in [2.75, 3.05) is 7.11 Å². The van der Waals surface area contributed by atoms with Gasteiger partial charge < -0.3 is 9.47 Å². The van der Waals surface area contributed by atoms with Gasteiger partial charge in [0.15, 0.2) is 5.69 Å². The van der Waals surface area contributed by atoms with E-state index in [4.69, 9.17) is 4.74 Å². The van der Waals surface area contributed by atoms with E-state index in [1.54, 1.807) is 13.0 Å². The monoisotopic (exact) mass is 289 g/mol. The number of hydrogen-bond acceptors (Lipinski definition) is 7. The number of ether oxygens (including phenoxy) is 2. The Morgan fingerprint density at radius 2 is 2.05 bits per heavy atom. The van der Waals surface area contributed by atoms with E-state index in [2.05, 4.69) is 14.7 Å². The molecular formula is C13H11N3O5. The molecule has 1 heterocycles. The number of rotatable bonds is 4. The van der Waals surface area contributed by atoms with Crippen LogP contribution in [0.25, 0.3) is 0 Å². The van der Waals surface area contributed by atoms with Crippen LogP contribution in [0, 0.1) is 17.0 Å². The first-order valence-corrected chi connectivity index (χ1v) is 5.84. The number of carbonyl (C=O) groups excluding carboxylic acids is 1. The van der Waals surface area contributed by atoms with Crippen molar-refractivity contribution in [2.24, 2.45) is 0 Å². The Bertz CT molecular complexity index is 685. The lowest BCUT2D eigenvalue weighted by Gasteiger charge is -2.06. The topological polar surface area (TPSA) is 104 Å². The molecule has 0 saturated carbocycles. The molecular weight excluding hydrogens is 278 g/mol. The Labute approximate surface area is 119 Å². The molecule has 0 saturated heterocycles. The number of hydrogen-bond donors (Lipinski definition) is 0. The van der Waals surface area contributed by atoms with E-state index < -0.39 is 10.9 Å². The van der Waals surface area contributed by atoms with Gasteiger partial charge in [-0.3, -0.25) is 10.1 Å². The summed E-state index contributed by atoms with van der Waals surface area (Å²) in [5.41, 5.74) is 0.637. The van der Waals surface area contributed by atoms with Gasteiger partial charge in [0.05, 0.1) is 24.4 Å².